The second-order valence-electron chi connectivity index (χ2n) is 8.94. The van der Waals surface area contributed by atoms with Crippen molar-refractivity contribution in [2.75, 3.05) is 39.3 Å². The maximum Gasteiger partial charge on any atom is 0.253 e. The van der Waals surface area contributed by atoms with Crippen LogP contribution < -0.4 is 5.32 Å². The highest BCUT2D eigenvalue weighted by atomic mass is 16.5. The number of benzene rings is 1. The van der Waals surface area contributed by atoms with Gasteiger partial charge in [0.2, 0.25) is 5.91 Å². The Bertz CT molecular complexity index is 812. The summed E-state index contributed by atoms with van der Waals surface area (Å²) in [6, 6.07) is 7.82. The molecule has 0 saturated carbocycles. The first-order valence-electron chi connectivity index (χ1n) is 11.6. The molecule has 0 spiro atoms. The van der Waals surface area contributed by atoms with E-state index in [1.54, 1.807) is 6.07 Å². The third-order valence-corrected chi connectivity index (χ3v) is 6.97. The lowest BCUT2D eigenvalue weighted by Gasteiger charge is -2.41. The molecule has 31 heavy (non-hydrogen) atoms. The van der Waals surface area contributed by atoms with Gasteiger partial charge >= 0.3 is 0 Å². The standard InChI is InChI=1S/C25H33N3O3/c1-2-19-5-3-6-21(17-19)25(30)28-14-10-22(11-15-28)27-12-8-20(9-13-27)24(29)26-18-23-7-4-16-31-23/h1,3,5-6,17,20,22-23H,4,7-16,18H2,(H,26,29)/t23-/m1/s1. The van der Waals surface area contributed by atoms with Gasteiger partial charge in [0.1, 0.15) is 0 Å². The van der Waals surface area contributed by atoms with E-state index in [2.05, 4.69) is 16.1 Å². The number of hydrogen-bond donors (Lipinski definition) is 1. The molecule has 166 valence electrons. The molecule has 0 bridgehead atoms. The highest BCUT2D eigenvalue weighted by molar-refractivity contribution is 5.94. The molecule has 6 heteroatoms. The van der Waals surface area contributed by atoms with Gasteiger partial charge in [-0.15, -0.1) is 6.42 Å². The topological polar surface area (TPSA) is 61.9 Å². The van der Waals surface area contributed by atoms with E-state index in [4.69, 9.17) is 11.2 Å². The maximum atomic E-state index is 12.8. The molecule has 3 saturated heterocycles. The number of terminal acetylenes is 1. The van der Waals surface area contributed by atoms with Crippen LogP contribution in [0.2, 0.25) is 0 Å². The zero-order valence-corrected chi connectivity index (χ0v) is 18.2. The Kier molecular flexibility index (Phi) is 7.26. The number of ether oxygens (including phenoxy) is 1. The number of rotatable bonds is 5. The molecular weight excluding hydrogens is 390 g/mol. The Labute approximate surface area is 185 Å². The molecule has 4 rings (SSSR count). The average molecular weight is 424 g/mol. The van der Waals surface area contributed by atoms with Crippen molar-refractivity contribution in [3.63, 3.8) is 0 Å². The van der Waals surface area contributed by atoms with E-state index >= 15 is 0 Å². The van der Waals surface area contributed by atoms with E-state index in [1.165, 1.54) is 0 Å². The molecule has 3 heterocycles. The van der Waals surface area contributed by atoms with Gasteiger partial charge in [0.25, 0.3) is 5.91 Å². The Balaban J connectivity index is 1.20. The molecule has 2 amide bonds. The van der Waals surface area contributed by atoms with Crippen molar-refractivity contribution < 1.29 is 14.3 Å². The van der Waals surface area contributed by atoms with Crippen molar-refractivity contribution in [1.82, 2.24) is 15.1 Å². The highest BCUT2D eigenvalue weighted by Crippen LogP contribution is 2.25. The lowest BCUT2D eigenvalue weighted by Crippen LogP contribution is -2.50. The fourth-order valence-electron chi connectivity index (χ4n) is 5.05. The Hall–Kier alpha value is -2.36. The summed E-state index contributed by atoms with van der Waals surface area (Å²) in [6.45, 7) is 4.93. The normalized spacial score (nSPS) is 23.5. The summed E-state index contributed by atoms with van der Waals surface area (Å²) in [5.41, 5.74) is 1.41. The molecule has 3 aliphatic heterocycles. The minimum absolute atomic E-state index is 0.0668. The van der Waals surface area contributed by atoms with E-state index in [0.717, 1.165) is 76.9 Å². The van der Waals surface area contributed by atoms with Crippen LogP contribution in [0.5, 0.6) is 0 Å². The molecule has 1 aromatic rings. The van der Waals surface area contributed by atoms with Crippen molar-refractivity contribution in [2.24, 2.45) is 5.92 Å². The number of hydrogen-bond acceptors (Lipinski definition) is 4. The van der Waals surface area contributed by atoms with Crippen LogP contribution in [0, 0.1) is 18.3 Å². The molecule has 0 aromatic heterocycles. The summed E-state index contributed by atoms with van der Waals surface area (Å²) in [5.74, 6) is 2.96. The molecular formula is C25H33N3O3. The van der Waals surface area contributed by atoms with Gasteiger partial charge in [0, 0.05) is 49.3 Å². The van der Waals surface area contributed by atoms with Gasteiger partial charge in [-0.2, -0.15) is 0 Å². The summed E-state index contributed by atoms with van der Waals surface area (Å²) < 4.78 is 5.59. The lowest BCUT2D eigenvalue weighted by molar-refractivity contribution is -0.127. The molecule has 3 fully saturated rings. The smallest absolute Gasteiger partial charge is 0.253 e. The highest BCUT2D eigenvalue weighted by Gasteiger charge is 2.32. The van der Waals surface area contributed by atoms with Gasteiger partial charge in [-0.05, 0) is 69.8 Å². The van der Waals surface area contributed by atoms with Gasteiger partial charge < -0.3 is 19.9 Å². The minimum atomic E-state index is 0.0668. The van der Waals surface area contributed by atoms with Crippen molar-refractivity contribution in [1.29, 1.82) is 0 Å². The van der Waals surface area contributed by atoms with Crippen LogP contribution in [0.1, 0.15) is 54.4 Å². The number of likely N-dealkylation sites (tertiary alicyclic amines) is 2. The molecule has 6 nitrogen and oxygen atoms in total. The zero-order valence-electron chi connectivity index (χ0n) is 18.2. The predicted molar refractivity (Wildman–Crippen MR) is 120 cm³/mol. The molecule has 0 unspecified atom stereocenters. The third kappa shape index (κ3) is 5.47. The van der Waals surface area contributed by atoms with Crippen LogP contribution in [-0.4, -0.2) is 73.1 Å². The van der Waals surface area contributed by atoms with Crippen molar-refractivity contribution in [2.45, 2.75) is 50.7 Å². The number of carbonyl (C=O) groups is 2. The van der Waals surface area contributed by atoms with E-state index in [9.17, 15) is 9.59 Å². The van der Waals surface area contributed by atoms with Gasteiger partial charge in [-0.25, -0.2) is 0 Å². The minimum Gasteiger partial charge on any atom is -0.376 e. The van der Waals surface area contributed by atoms with E-state index < -0.39 is 0 Å². The lowest BCUT2D eigenvalue weighted by atomic mass is 9.92. The number of piperidine rings is 2. The Morgan fingerprint density at radius 1 is 1.10 bits per heavy atom. The van der Waals surface area contributed by atoms with E-state index in [-0.39, 0.29) is 23.8 Å². The molecule has 0 radical (unpaired) electrons. The molecule has 1 N–H and O–H groups in total. The zero-order chi connectivity index (χ0) is 21.6. The van der Waals surface area contributed by atoms with E-state index in [1.807, 2.05) is 23.1 Å². The maximum absolute atomic E-state index is 12.8. The third-order valence-electron chi connectivity index (χ3n) is 6.97. The van der Waals surface area contributed by atoms with Gasteiger partial charge in [-0.3, -0.25) is 9.59 Å². The monoisotopic (exact) mass is 423 g/mol. The molecule has 3 aliphatic rings. The van der Waals surface area contributed by atoms with Crippen molar-refractivity contribution in [3.05, 3.63) is 35.4 Å². The number of carbonyl (C=O) groups excluding carboxylic acids is 2. The Morgan fingerprint density at radius 3 is 2.55 bits per heavy atom. The summed E-state index contributed by atoms with van der Waals surface area (Å²) in [6.07, 6.45) is 11.6. The average Bonchev–Trinajstić information content (AvgIpc) is 3.36. The van der Waals surface area contributed by atoms with Crippen LogP contribution in [0.25, 0.3) is 0 Å². The predicted octanol–water partition coefficient (Wildman–Crippen LogP) is 2.28. The molecule has 0 aliphatic carbocycles. The fraction of sp³-hybridized carbons (Fsp3) is 0.600. The first-order chi connectivity index (χ1) is 15.1. The fourth-order valence-corrected chi connectivity index (χ4v) is 5.05. The van der Waals surface area contributed by atoms with Gasteiger partial charge in [-0.1, -0.05) is 12.0 Å². The van der Waals surface area contributed by atoms with E-state index in [0.29, 0.717) is 18.2 Å². The molecule has 1 aromatic carbocycles. The first-order valence-corrected chi connectivity index (χ1v) is 11.6. The number of nitrogens with zero attached hydrogens (tertiary/aromatic N) is 2. The number of nitrogens with one attached hydrogen (secondary N) is 1. The van der Waals surface area contributed by atoms with Crippen molar-refractivity contribution >= 4 is 11.8 Å². The van der Waals surface area contributed by atoms with Crippen molar-refractivity contribution in [3.8, 4) is 12.3 Å². The SMILES string of the molecule is C#Cc1cccc(C(=O)N2CCC(N3CCC(C(=O)NC[C@H]4CCCO4)CC3)CC2)c1. The van der Waals surface area contributed by atoms with Crippen LogP contribution in [0.4, 0.5) is 0 Å². The summed E-state index contributed by atoms with van der Waals surface area (Å²) in [5, 5.41) is 3.09. The Morgan fingerprint density at radius 2 is 1.87 bits per heavy atom. The summed E-state index contributed by atoms with van der Waals surface area (Å²) >= 11 is 0. The quantitative estimate of drug-likeness (QED) is 0.738. The van der Waals surface area contributed by atoms with Crippen LogP contribution >= 0.6 is 0 Å². The molecule has 1 atom stereocenters. The summed E-state index contributed by atoms with van der Waals surface area (Å²) in [4.78, 5) is 29.8. The largest absolute Gasteiger partial charge is 0.376 e. The first kappa shape index (κ1) is 21.9. The van der Waals surface area contributed by atoms with Gasteiger partial charge in [0.15, 0.2) is 0 Å². The second-order valence-corrected chi connectivity index (χ2v) is 8.94. The second kappa shape index (κ2) is 10.3. The summed E-state index contributed by atoms with van der Waals surface area (Å²) in [7, 11) is 0. The van der Waals surface area contributed by atoms with Crippen LogP contribution in [0.15, 0.2) is 24.3 Å². The number of amides is 2. The van der Waals surface area contributed by atoms with Crippen LogP contribution in [-0.2, 0) is 9.53 Å². The van der Waals surface area contributed by atoms with Gasteiger partial charge in [0.05, 0.1) is 6.10 Å². The van der Waals surface area contributed by atoms with Crippen LogP contribution in [0.3, 0.4) is 0 Å².